The van der Waals surface area contributed by atoms with Gasteiger partial charge in [0.25, 0.3) is 15.9 Å². The SMILES string of the molecule is C=CC(=O)NC1CC(C)N(S(=O)(=O)c2ccc(C(=O)NCCc3ccccc3)o2)C(C)C1. The number of benzene rings is 1. The summed E-state index contributed by atoms with van der Waals surface area (Å²) in [6.45, 7) is 7.44. The Morgan fingerprint density at radius 1 is 1.12 bits per heavy atom. The summed E-state index contributed by atoms with van der Waals surface area (Å²) in [6.07, 6.45) is 2.80. The highest BCUT2D eigenvalue weighted by atomic mass is 32.2. The van der Waals surface area contributed by atoms with Crippen molar-refractivity contribution in [3.63, 3.8) is 0 Å². The molecule has 2 amide bonds. The fourth-order valence-electron chi connectivity index (χ4n) is 4.15. The Hall–Kier alpha value is -2.91. The molecule has 1 aromatic carbocycles. The van der Waals surface area contributed by atoms with Crippen molar-refractivity contribution in [1.82, 2.24) is 14.9 Å². The molecule has 0 bridgehead atoms. The van der Waals surface area contributed by atoms with E-state index in [0.717, 1.165) is 5.56 Å². The first kappa shape index (κ1) is 23.7. The summed E-state index contributed by atoms with van der Waals surface area (Å²) in [5.41, 5.74) is 1.09. The first-order chi connectivity index (χ1) is 15.2. The topological polar surface area (TPSA) is 109 Å². The molecule has 0 aliphatic carbocycles. The number of rotatable bonds is 8. The quantitative estimate of drug-likeness (QED) is 0.590. The maximum Gasteiger partial charge on any atom is 0.287 e. The predicted molar refractivity (Wildman–Crippen MR) is 120 cm³/mol. The second kappa shape index (κ2) is 10.1. The smallest absolute Gasteiger partial charge is 0.287 e. The lowest BCUT2D eigenvalue weighted by Crippen LogP contribution is -2.54. The Labute approximate surface area is 188 Å². The lowest BCUT2D eigenvalue weighted by molar-refractivity contribution is -0.117. The maximum absolute atomic E-state index is 13.2. The second-order valence-corrected chi connectivity index (χ2v) is 9.80. The van der Waals surface area contributed by atoms with Crippen LogP contribution in [0.5, 0.6) is 0 Å². The summed E-state index contributed by atoms with van der Waals surface area (Å²) in [6, 6.07) is 11.6. The Bertz CT molecular complexity index is 1050. The molecule has 1 aliphatic rings. The molecule has 2 atom stereocenters. The minimum absolute atomic E-state index is 0.0509. The summed E-state index contributed by atoms with van der Waals surface area (Å²) < 4.78 is 33.3. The van der Waals surface area contributed by atoms with Crippen molar-refractivity contribution >= 4 is 21.8 Å². The van der Waals surface area contributed by atoms with Gasteiger partial charge >= 0.3 is 0 Å². The van der Waals surface area contributed by atoms with E-state index in [-0.39, 0.29) is 34.9 Å². The third-order valence-corrected chi connectivity index (χ3v) is 7.53. The van der Waals surface area contributed by atoms with Crippen molar-refractivity contribution in [1.29, 1.82) is 0 Å². The molecule has 1 saturated heterocycles. The molecule has 2 heterocycles. The van der Waals surface area contributed by atoms with E-state index < -0.39 is 15.9 Å². The molecule has 1 aromatic heterocycles. The minimum Gasteiger partial charge on any atom is -0.438 e. The summed E-state index contributed by atoms with van der Waals surface area (Å²) in [7, 11) is -3.94. The van der Waals surface area contributed by atoms with Crippen LogP contribution < -0.4 is 10.6 Å². The normalized spacial score (nSPS) is 21.6. The number of nitrogens with one attached hydrogen (secondary N) is 2. The van der Waals surface area contributed by atoms with Gasteiger partial charge in [-0.2, -0.15) is 4.31 Å². The fourth-order valence-corrected chi connectivity index (χ4v) is 5.91. The van der Waals surface area contributed by atoms with Crippen LogP contribution in [0, 0.1) is 0 Å². The number of piperidine rings is 1. The molecule has 2 N–H and O–H groups in total. The van der Waals surface area contributed by atoms with Crippen molar-refractivity contribution in [2.75, 3.05) is 6.54 Å². The monoisotopic (exact) mass is 459 g/mol. The summed E-state index contributed by atoms with van der Waals surface area (Å²) in [4.78, 5) is 24.0. The van der Waals surface area contributed by atoms with Crippen LogP contribution in [0.1, 0.15) is 42.8 Å². The van der Waals surface area contributed by atoms with E-state index in [2.05, 4.69) is 17.2 Å². The molecule has 8 nitrogen and oxygen atoms in total. The van der Waals surface area contributed by atoms with E-state index >= 15 is 0 Å². The molecule has 32 heavy (non-hydrogen) atoms. The number of amides is 2. The van der Waals surface area contributed by atoms with E-state index in [9.17, 15) is 18.0 Å². The lowest BCUT2D eigenvalue weighted by atomic mass is 9.95. The minimum atomic E-state index is -3.94. The van der Waals surface area contributed by atoms with Crippen LogP contribution in [-0.2, 0) is 21.2 Å². The van der Waals surface area contributed by atoms with Crippen LogP contribution in [0.2, 0.25) is 0 Å². The van der Waals surface area contributed by atoms with Crippen molar-refractivity contribution < 1.29 is 22.4 Å². The Kier molecular flexibility index (Phi) is 7.52. The van der Waals surface area contributed by atoms with Gasteiger partial charge in [-0.05, 0) is 56.9 Å². The molecule has 0 radical (unpaired) electrons. The molecule has 3 rings (SSSR count). The number of sulfonamides is 1. The molecule has 9 heteroatoms. The molecule has 0 saturated carbocycles. The average Bonchev–Trinajstić information content (AvgIpc) is 3.25. The highest BCUT2D eigenvalue weighted by Crippen LogP contribution is 2.30. The van der Waals surface area contributed by atoms with Gasteiger partial charge in [0, 0.05) is 24.7 Å². The second-order valence-electron chi connectivity index (χ2n) is 8.02. The van der Waals surface area contributed by atoms with Crippen LogP contribution in [0.25, 0.3) is 0 Å². The fraction of sp³-hybridized carbons (Fsp3) is 0.391. The Morgan fingerprint density at radius 2 is 1.78 bits per heavy atom. The zero-order valence-electron chi connectivity index (χ0n) is 18.3. The molecule has 0 spiro atoms. The van der Waals surface area contributed by atoms with Crippen molar-refractivity contribution in [3.8, 4) is 0 Å². The van der Waals surface area contributed by atoms with Crippen molar-refractivity contribution in [2.45, 2.75) is 56.3 Å². The van der Waals surface area contributed by atoms with E-state index in [1.807, 2.05) is 30.3 Å². The van der Waals surface area contributed by atoms with Crippen LogP contribution in [-0.4, -0.2) is 49.2 Å². The zero-order chi connectivity index (χ0) is 23.3. The van der Waals surface area contributed by atoms with Gasteiger partial charge in [-0.15, -0.1) is 0 Å². The van der Waals surface area contributed by atoms with E-state index in [0.29, 0.717) is 25.8 Å². The highest BCUT2D eigenvalue weighted by molar-refractivity contribution is 7.89. The summed E-state index contributed by atoms with van der Waals surface area (Å²) in [5.74, 6) is -0.793. The van der Waals surface area contributed by atoms with E-state index in [1.54, 1.807) is 13.8 Å². The van der Waals surface area contributed by atoms with Crippen LogP contribution >= 0.6 is 0 Å². The predicted octanol–water partition coefficient (Wildman–Crippen LogP) is 2.48. The third-order valence-electron chi connectivity index (χ3n) is 5.53. The Balaban J connectivity index is 1.64. The van der Waals surface area contributed by atoms with Gasteiger partial charge in [-0.3, -0.25) is 9.59 Å². The molecule has 172 valence electrons. The maximum atomic E-state index is 13.2. The lowest BCUT2D eigenvalue weighted by Gasteiger charge is -2.41. The van der Waals surface area contributed by atoms with Gasteiger partial charge in [0.05, 0.1) is 0 Å². The summed E-state index contributed by atoms with van der Waals surface area (Å²) >= 11 is 0. The van der Waals surface area contributed by atoms with Gasteiger partial charge in [0.2, 0.25) is 11.0 Å². The molecule has 2 unspecified atom stereocenters. The number of hydrogen-bond acceptors (Lipinski definition) is 5. The van der Waals surface area contributed by atoms with Crippen molar-refractivity contribution in [3.05, 3.63) is 66.4 Å². The average molecular weight is 460 g/mol. The Morgan fingerprint density at radius 3 is 2.41 bits per heavy atom. The first-order valence-electron chi connectivity index (χ1n) is 10.6. The highest BCUT2D eigenvalue weighted by Gasteiger charge is 2.41. The number of carbonyl (C=O) groups is 2. The van der Waals surface area contributed by atoms with Gasteiger partial charge in [-0.1, -0.05) is 36.9 Å². The van der Waals surface area contributed by atoms with E-state index in [1.165, 1.54) is 22.5 Å². The molecular weight excluding hydrogens is 430 g/mol. The number of carbonyl (C=O) groups excluding carboxylic acids is 2. The summed E-state index contributed by atoms with van der Waals surface area (Å²) in [5, 5.41) is 5.32. The van der Waals surface area contributed by atoms with Crippen LogP contribution in [0.4, 0.5) is 0 Å². The molecule has 1 fully saturated rings. The first-order valence-corrected chi connectivity index (χ1v) is 12.0. The van der Waals surface area contributed by atoms with Gasteiger partial charge in [0.1, 0.15) is 0 Å². The van der Waals surface area contributed by atoms with Gasteiger partial charge in [-0.25, -0.2) is 8.42 Å². The number of furan rings is 1. The van der Waals surface area contributed by atoms with Crippen molar-refractivity contribution in [2.24, 2.45) is 0 Å². The van der Waals surface area contributed by atoms with Gasteiger partial charge in [0.15, 0.2) is 5.76 Å². The van der Waals surface area contributed by atoms with Gasteiger partial charge < -0.3 is 15.1 Å². The third kappa shape index (κ3) is 5.46. The number of nitrogens with zero attached hydrogens (tertiary/aromatic N) is 1. The standard InChI is InChI=1S/C23H29N3O5S/c1-4-21(27)25-19-14-16(2)26(17(3)15-19)32(29,30)22-11-10-20(31-22)23(28)24-13-12-18-8-6-5-7-9-18/h4-11,16-17,19H,1,12-15H2,2-3H3,(H,24,28)(H,25,27). The largest absolute Gasteiger partial charge is 0.438 e. The van der Waals surface area contributed by atoms with Crippen LogP contribution in [0.3, 0.4) is 0 Å². The molecule has 2 aromatic rings. The molecular formula is C23H29N3O5S. The van der Waals surface area contributed by atoms with E-state index in [4.69, 9.17) is 4.42 Å². The number of hydrogen-bond donors (Lipinski definition) is 2. The zero-order valence-corrected chi connectivity index (χ0v) is 19.1. The molecule has 1 aliphatic heterocycles. The van der Waals surface area contributed by atoms with Crippen LogP contribution in [0.15, 0.2) is 64.6 Å².